The van der Waals surface area contributed by atoms with Crippen LogP contribution in [0.4, 0.5) is 4.39 Å². The van der Waals surface area contributed by atoms with Crippen LogP contribution in [0, 0.1) is 0 Å². The zero-order valence-electron chi connectivity index (χ0n) is 7.00. The molecule has 0 saturated carbocycles. The van der Waals surface area contributed by atoms with E-state index in [9.17, 15) is 4.39 Å². The summed E-state index contributed by atoms with van der Waals surface area (Å²) in [5.41, 5.74) is 0. The minimum atomic E-state index is -0.181. The molecule has 10 heavy (non-hydrogen) atoms. The Bertz CT molecular complexity index is 34.2. The average Bonchev–Trinajstić information content (AvgIpc) is 2.01. The lowest BCUT2D eigenvalue weighted by atomic mass is 10.3. The van der Waals surface area contributed by atoms with Crippen LogP contribution in [0.25, 0.3) is 0 Å². The van der Waals surface area contributed by atoms with Gasteiger partial charge in [0.2, 0.25) is 0 Å². The van der Waals surface area contributed by atoms with E-state index in [1.807, 2.05) is 0 Å². The summed E-state index contributed by atoms with van der Waals surface area (Å²) in [7, 11) is 0. The number of hydrogen-bond acceptors (Lipinski definition) is 0. The molecule has 2 heteroatoms. The van der Waals surface area contributed by atoms with E-state index < -0.39 is 0 Å². The Balaban J connectivity index is 0. The largest absolute Gasteiger partial charge is 0.251 e. The van der Waals surface area contributed by atoms with Crippen molar-refractivity contribution in [3.63, 3.8) is 0 Å². The van der Waals surface area contributed by atoms with Crippen LogP contribution in [-0.2, 0) is 0 Å². The van der Waals surface area contributed by atoms with Gasteiger partial charge >= 0.3 is 0 Å². The minimum Gasteiger partial charge on any atom is -0.251 e. The van der Waals surface area contributed by atoms with Gasteiger partial charge in [-0.15, -0.1) is 11.6 Å². The molecule has 0 N–H and O–H groups in total. The molecule has 0 saturated heterocycles. The lowest BCUT2D eigenvalue weighted by Crippen LogP contribution is -1.70. The highest BCUT2D eigenvalue weighted by molar-refractivity contribution is 6.17. The van der Waals surface area contributed by atoms with Crippen LogP contribution in [0.15, 0.2) is 0 Å². The van der Waals surface area contributed by atoms with Gasteiger partial charge in [-0.25, -0.2) is 0 Å². The van der Waals surface area contributed by atoms with Gasteiger partial charge in [-0.3, -0.25) is 4.39 Å². The van der Waals surface area contributed by atoms with Gasteiger partial charge in [-0.05, 0) is 12.8 Å². The SMILES string of the molecule is CCCCCCl.CCCF. The summed E-state index contributed by atoms with van der Waals surface area (Å²) in [4.78, 5) is 0. The Kier molecular flexibility index (Phi) is 20.7. The second-order valence-electron chi connectivity index (χ2n) is 2.09. The lowest BCUT2D eigenvalue weighted by molar-refractivity contribution is 0.487. The predicted octanol–water partition coefficient (Wildman–Crippen LogP) is 3.78. The molecule has 0 bridgehead atoms. The molecule has 0 nitrogen and oxygen atoms in total. The van der Waals surface area contributed by atoms with Crippen LogP contribution in [0.1, 0.15) is 39.5 Å². The van der Waals surface area contributed by atoms with E-state index in [-0.39, 0.29) is 6.67 Å². The standard InChI is InChI=1S/C5H11Cl.C3H7F/c1-2-3-4-5-6;1-2-3-4/h2-5H2,1H3;2-3H2,1H3. The van der Waals surface area contributed by atoms with Crippen molar-refractivity contribution < 1.29 is 4.39 Å². The van der Waals surface area contributed by atoms with Crippen molar-refractivity contribution in [2.24, 2.45) is 0 Å². The fourth-order valence-electron chi connectivity index (χ4n) is 0.344. The highest BCUT2D eigenvalue weighted by Crippen LogP contribution is 1.93. The highest BCUT2D eigenvalue weighted by atomic mass is 35.5. The van der Waals surface area contributed by atoms with Crippen molar-refractivity contribution in [1.82, 2.24) is 0 Å². The second-order valence-corrected chi connectivity index (χ2v) is 2.46. The molecule has 0 aromatic rings. The first-order chi connectivity index (χ1) is 4.83. The molecule has 0 aliphatic heterocycles. The fourth-order valence-corrected chi connectivity index (χ4v) is 0.533. The van der Waals surface area contributed by atoms with Crippen LogP contribution in [0.3, 0.4) is 0 Å². The molecule has 0 unspecified atom stereocenters. The van der Waals surface area contributed by atoms with Crippen LogP contribution >= 0.6 is 11.6 Å². The van der Waals surface area contributed by atoms with Crippen molar-refractivity contribution in [1.29, 1.82) is 0 Å². The first kappa shape index (κ1) is 12.9. The maximum absolute atomic E-state index is 10.7. The predicted molar refractivity (Wildman–Crippen MR) is 46.5 cm³/mol. The van der Waals surface area contributed by atoms with Gasteiger partial charge < -0.3 is 0 Å². The monoisotopic (exact) mass is 168 g/mol. The van der Waals surface area contributed by atoms with Crippen molar-refractivity contribution in [3.8, 4) is 0 Å². The quantitative estimate of drug-likeness (QED) is 0.443. The van der Waals surface area contributed by atoms with Crippen LogP contribution < -0.4 is 0 Å². The van der Waals surface area contributed by atoms with E-state index in [0.717, 1.165) is 5.88 Å². The zero-order valence-corrected chi connectivity index (χ0v) is 7.75. The summed E-state index contributed by atoms with van der Waals surface area (Å²) in [5.74, 6) is 0.827. The van der Waals surface area contributed by atoms with Crippen molar-refractivity contribution >= 4 is 11.6 Å². The Hall–Kier alpha value is 0.220. The average molecular weight is 169 g/mol. The molecule has 0 heterocycles. The molecule has 64 valence electrons. The van der Waals surface area contributed by atoms with Gasteiger partial charge in [-0.2, -0.15) is 0 Å². The normalized spacial score (nSPS) is 8.40. The lowest BCUT2D eigenvalue weighted by Gasteiger charge is -1.84. The van der Waals surface area contributed by atoms with E-state index in [1.165, 1.54) is 19.3 Å². The first-order valence-electron chi connectivity index (χ1n) is 3.95. The Morgan fingerprint density at radius 3 is 1.70 bits per heavy atom. The fraction of sp³-hybridized carbons (Fsp3) is 1.00. The molecular weight excluding hydrogens is 151 g/mol. The van der Waals surface area contributed by atoms with Gasteiger partial charge in [0.25, 0.3) is 0 Å². The molecule has 0 rings (SSSR count). The molecule has 0 aromatic carbocycles. The third-order valence-electron chi connectivity index (χ3n) is 0.926. The van der Waals surface area contributed by atoms with Gasteiger partial charge in [0.1, 0.15) is 0 Å². The molecule has 0 spiro atoms. The molecule has 0 aromatic heterocycles. The van der Waals surface area contributed by atoms with Crippen molar-refractivity contribution in [2.45, 2.75) is 39.5 Å². The Morgan fingerprint density at radius 2 is 1.60 bits per heavy atom. The summed E-state index contributed by atoms with van der Waals surface area (Å²) < 4.78 is 10.7. The molecule has 0 aliphatic rings. The van der Waals surface area contributed by atoms with E-state index in [0.29, 0.717) is 6.42 Å². The number of halogens is 2. The van der Waals surface area contributed by atoms with Gasteiger partial charge in [0, 0.05) is 5.88 Å². The zero-order chi connectivity index (χ0) is 8.24. The van der Waals surface area contributed by atoms with Crippen LogP contribution in [-0.4, -0.2) is 12.6 Å². The van der Waals surface area contributed by atoms with Crippen LogP contribution in [0.5, 0.6) is 0 Å². The van der Waals surface area contributed by atoms with Gasteiger partial charge in [0.05, 0.1) is 6.67 Å². The number of hydrogen-bond donors (Lipinski definition) is 0. The molecule has 0 radical (unpaired) electrons. The number of alkyl halides is 2. The van der Waals surface area contributed by atoms with Crippen molar-refractivity contribution in [2.75, 3.05) is 12.6 Å². The molecular formula is C8H18ClF. The van der Waals surface area contributed by atoms with Crippen molar-refractivity contribution in [3.05, 3.63) is 0 Å². The van der Waals surface area contributed by atoms with E-state index >= 15 is 0 Å². The Morgan fingerprint density at radius 1 is 1.10 bits per heavy atom. The summed E-state index contributed by atoms with van der Waals surface area (Å²) in [6, 6.07) is 0. The maximum atomic E-state index is 10.7. The molecule has 0 fully saturated rings. The van der Waals surface area contributed by atoms with Gasteiger partial charge in [-0.1, -0.05) is 26.7 Å². The van der Waals surface area contributed by atoms with E-state index in [2.05, 4.69) is 6.92 Å². The summed E-state index contributed by atoms with van der Waals surface area (Å²) in [6.07, 6.45) is 4.38. The second kappa shape index (κ2) is 16.1. The van der Waals surface area contributed by atoms with Crippen LogP contribution in [0.2, 0.25) is 0 Å². The number of rotatable bonds is 4. The Labute approximate surface area is 68.8 Å². The summed E-state index contributed by atoms with van der Waals surface area (Å²) in [6.45, 7) is 3.80. The third kappa shape index (κ3) is 24.1. The highest BCUT2D eigenvalue weighted by Gasteiger charge is 1.76. The minimum absolute atomic E-state index is 0.181. The topological polar surface area (TPSA) is 0 Å². The molecule has 0 amide bonds. The van der Waals surface area contributed by atoms with Gasteiger partial charge in [0.15, 0.2) is 0 Å². The third-order valence-corrected chi connectivity index (χ3v) is 1.19. The van der Waals surface area contributed by atoms with E-state index in [1.54, 1.807) is 6.92 Å². The maximum Gasteiger partial charge on any atom is 0.0891 e. The summed E-state index contributed by atoms with van der Waals surface area (Å²) >= 11 is 5.38. The smallest absolute Gasteiger partial charge is 0.0891 e. The number of unbranched alkanes of at least 4 members (excludes halogenated alkanes) is 2. The van der Waals surface area contributed by atoms with E-state index in [4.69, 9.17) is 11.6 Å². The molecule has 0 atom stereocenters. The first-order valence-corrected chi connectivity index (χ1v) is 4.48. The molecule has 0 aliphatic carbocycles. The summed E-state index contributed by atoms with van der Waals surface area (Å²) in [5, 5.41) is 0.